The lowest BCUT2D eigenvalue weighted by Gasteiger charge is -2.51. The summed E-state index contributed by atoms with van der Waals surface area (Å²) in [6, 6.07) is 5.93. The molecule has 1 aromatic rings. The van der Waals surface area contributed by atoms with Gasteiger partial charge in [0.15, 0.2) is 0 Å². The lowest BCUT2D eigenvalue weighted by atomic mass is 9.64. The van der Waals surface area contributed by atoms with E-state index in [0.29, 0.717) is 5.56 Å². The molecule has 19 heavy (non-hydrogen) atoms. The Labute approximate surface area is 122 Å². The fourth-order valence-corrected chi connectivity index (χ4v) is 3.24. The lowest BCUT2D eigenvalue weighted by Crippen LogP contribution is -2.61. The van der Waals surface area contributed by atoms with Crippen LogP contribution in [0.3, 0.4) is 0 Å². The number of carbonyl (C=O) groups is 1. The lowest BCUT2D eigenvalue weighted by molar-refractivity contribution is -0.0942. The quantitative estimate of drug-likeness (QED) is 0.925. The Morgan fingerprint density at radius 1 is 1.47 bits per heavy atom. The van der Waals surface area contributed by atoms with E-state index in [0.717, 1.165) is 16.5 Å². The van der Waals surface area contributed by atoms with Gasteiger partial charge in [-0.3, -0.25) is 4.79 Å². The first kappa shape index (κ1) is 14.5. The third-order valence-electron chi connectivity index (χ3n) is 4.14. The summed E-state index contributed by atoms with van der Waals surface area (Å²) in [4.78, 5) is 12.3. The van der Waals surface area contributed by atoms with E-state index in [4.69, 9.17) is 4.74 Å². The van der Waals surface area contributed by atoms with Gasteiger partial charge in [-0.15, -0.1) is 0 Å². The van der Waals surface area contributed by atoms with Crippen molar-refractivity contribution in [2.45, 2.75) is 39.3 Å². The van der Waals surface area contributed by atoms with Crippen LogP contribution in [0.25, 0.3) is 0 Å². The fourth-order valence-electron chi connectivity index (χ4n) is 2.57. The highest BCUT2D eigenvalue weighted by molar-refractivity contribution is 9.10. The van der Waals surface area contributed by atoms with Crippen molar-refractivity contribution in [1.29, 1.82) is 0 Å². The van der Waals surface area contributed by atoms with Gasteiger partial charge in [0.1, 0.15) is 0 Å². The van der Waals surface area contributed by atoms with E-state index in [2.05, 4.69) is 35.1 Å². The topological polar surface area (TPSA) is 38.3 Å². The van der Waals surface area contributed by atoms with Crippen LogP contribution in [0.2, 0.25) is 0 Å². The summed E-state index contributed by atoms with van der Waals surface area (Å²) >= 11 is 3.45. The van der Waals surface area contributed by atoms with E-state index in [1.165, 1.54) is 0 Å². The molecule has 1 aliphatic carbocycles. The maximum absolute atomic E-state index is 12.3. The van der Waals surface area contributed by atoms with E-state index in [1.54, 1.807) is 7.11 Å². The van der Waals surface area contributed by atoms with Gasteiger partial charge in [-0.05, 0) is 47.0 Å². The van der Waals surface area contributed by atoms with Crippen molar-refractivity contribution in [2.24, 2.45) is 5.41 Å². The number of methoxy groups -OCH3 is 1. The second kappa shape index (κ2) is 5.25. The van der Waals surface area contributed by atoms with Crippen LogP contribution in [0, 0.1) is 12.3 Å². The summed E-state index contributed by atoms with van der Waals surface area (Å²) in [5.41, 5.74) is 1.80. The Morgan fingerprint density at radius 3 is 2.68 bits per heavy atom. The van der Waals surface area contributed by atoms with E-state index in [1.807, 2.05) is 25.1 Å². The van der Waals surface area contributed by atoms with Gasteiger partial charge in [0, 0.05) is 23.0 Å². The highest BCUT2D eigenvalue weighted by atomic mass is 79.9. The number of carbonyl (C=O) groups excluding carboxylic acids is 1. The van der Waals surface area contributed by atoms with Crippen molar-refractivity contribution in [1.82, 2.24) is 5.32 Å². The molecule has 0 aliphatic heterocycles. The Balaban J connectivity index is 2.07. The maximum atomic E-state index is 12.3. The molecule has 104 valence electrons. The van der Waals surface area contributed by atoms with Gasteiger partial charge < -0.3 is 10.1 Å². The SMILES string of the molecule is COC1CC(NC(=O)c2ccc(C)cc2Br)C1(C)C. The number of halogens is 1. The average Bonchev–Trinajstić information content (AvgIpc) is 2.33. The molecule has 2 unspecified atom stereocenters. The van der Waals surface area contributed by atoms with Gasteiger partial charge in [-0.1, -0.05) is 19.9 Å². The zero-order valence-electron chi connectivity index (χ0n) is 11.8. The molecule has 1 amide bonds. The maximum Gasteiger partial charge on any atom is 0.252 e. The zero-order valence-corrected chi connectivity index (χ0v) is 13.4. The number of nitrogens with one attached hydrogen (secondary N) is 1. The van der Waals surface area contributed by atoms with Crippen molar-refractivity contribution < 1.29 is 9.53 Å². The van der Waals surface area contributed by atoms with Gasteiger partial charge >= 0.3 is 0 Å². The normalized spacial score (nSPS) is 24.7. The van der Waals surface area contributed by atoms with E-state index >= 15 is 0 Å². The molecule has 1 saturated carbocycles. The summed E-state index contributed by atoms with van der Waals surface area (Å²) in [7, 11) is 1.72. The minimum absolute atomic E-state index is 0.0123. The molecular formula is C15H20BrNO2. The number of amides is 1. The Morgan fingerprint density at radius 2 is 2.16 bits per heavy atom. The number of rotatable bonds is 3. The van der Waals surface area contributed by atoms with Crippen molar-refractivity contribution >= 4 is 21.8 Å². The van der Waals surface area contributed by atoms with Gasteiger partial charge in [-0.2, -0.15) is 0 Å². The Hall–Kier alpha value is -0.870. The molecular weight excluding hydrogens is 306 g/mol. The molecule has 1 aliphatic rings. The van der Waals surface area contributed by atoms with Crippen LogP contribution in [0.1, 0.15) is 36.2 Å². The van der Waals surface area contributed by atoms with E-state index in [-0.39, 0.29) is 23.5 Å². The van der Waals surface area contributed by atoms with Crippen LogP contribution < -0.4 is 5.32 Å². The summed E-state index contributed by atoms with van der Waals surface area (Å²) in [6.45, 7) is 6.25. The molecule has 2 atom stereocenters. The second-order valence-corrected chi connectivity index (χ2v) is 6.65. The second-order valence-electron chi connectivity index (χ2n) is 5.79. The van der Waals surface area contributed by atoms with Crippen LogP contribution in [0.4, 0.5) is 0 Å². The van der Waals surface area contributed by atoms with E-state index in [9.17, 15) is 4.79 Å². The molecule has 1 aromatic carbocycles. The van der Waals surface area contributed by atoms with Crippen LogP contribution in [0.15, 0.2) is 22.7 Å². The molecule has 0 radical (unpaired) electrons. The molecule has 0 bridgehead atoms. The van der Waals surface area contributed by atoms with Crippen LogP contribution in [0.5, 0.6) is 0 Å². The van der Waals surface area contributed by atoms with Crippen molar-refractivity contribution in [3.05, 3.63) is 33.8 Å². The molecule has 0 heterocycles. The van der Waals surface area contributed by atoms with Crippen LogP contribution in [-0.4, -0.2) is 25.2 Å². The standard InChI is InChI=1S/C15H20BrNO2/c1-9-5-6-10(11(16)7-9)14(18)17-12-8-13(19-4)15(12,2)3/h5-7,12-13H,8H2,1-4H3,(H,17,18). The summed E-state index contributed by atoms with van der Waals surface area (Å²) in [5.74, 6) is -0.0282. The Bertz CT molecular complexity index is 499. The molecule has 0 aromatic heterocycles. The smallest absolute Gasteiger partial charge is 0.252 e. The summed E-state index contributed by atoms with van der Waals surface area (Å²) in [5, 5.41) is 3.10. The molecule has 1 fully saturated rings. The average molecular weight is 326 g/mol. The minimum atomic E-state index is -0.0282. The highest BCUT2D eigenvalue weighted by Crippen LogP contribution is 2.42. The van der Waals surface area contributed by atoms with Gasteiger partial charge in [0.25, 0.3) is 5.91 Å². The van der Waals surface area contributed by atoms with E-state index < -0.39 is 0 Å². The zero-order chi connectivity index (χ0) is 14.2. The number of hydrogen-bond donors (Lipinski definition) is 1. The van der Waals surface area contributed by atoms with Crippen molar-refractivity contribution in [3.63, 3.8) is 0 Å². The molecule has 1 N–H and O–H groups in total. The number of aryl methyl sites for hydroxylation is 1. The molecule has 3 nitrogen and oxygen atoms in total. The summed E-state index contributed by atoms with van der Waals surface area (Å²) < 4.78 is 6.24. The minimum Gasteiger partial charge on any atom is -0.381 e. The molecule has 2 rings (SSSR count). The first-order chi connectivity index (χ1) is 8.86. The third-order valence-corrected chi connectivity index (χ3v) is 4.79. The molecule has 0 spiro atoms. The number of hydrogen-bond acceptors (Lipinski definition) is 2. The van der Waals surface area contributed by atoms with Gasteiger partial charge in [-0.25, -0.2) is 0 Å². The fraction of sp³-hybridized carbons (Fsp3) is 0.533. The highest BCUT2D eigenvalue weighted by Gasteiger charge is 2.49. The summed E-state index contributed by atoms with van der Waals surface area (Å²) in [6.07, 6.45) is 1.10. The van der Waals surface area contributed by atoms with Gasteiger partial charge in [0.05, 0.1) is 11.7 Å². The monoisotopic (exact) mass is 325 g/mol. The number of benzene rings is 1. The third kappa shape index (κ3) is 2.70. The van der Waals surface area contributed by atoms with Crippen molar-refractivity contribution in [3.8, 4) is 0 Å². The Kier molecular flexibility index (Phi) is 4.02. The molecule has 4 heteroatoms. The predicted molar refractivity (Wildman–Crippen MR) is 79.3 cm³/mol. The van der Waals surface area contributed by atoms with Crippen molar-refractivity contribution in [2.75, 3.05) is 7.11 Å². The largest absolute Gasteiger partial charge is 0.381 e. The first-order valence-corrected chi connectivity index (χ1v) is 7.25. The van der Waals surface area contributed by atoms with Gasteiger partial charge in [0.2, 0.25) is 0 Å². The first-order valence-electron chi connectivity index (χ1n) is 6.46. The van der Waals surface area contributed by atoms with Crippen LogP contribution >= 0.6 is 15.9 Å². The predicted octanol–water partition coefficient (Wildman–Crippen LogP) is 3.30. The number of ether oxygens (including phenoxy) is 1. The molecule has 0 saturated heterocycles. The van der Waals surface area contributed by atoms with Crippen LogP contribution in [-0.2, 0) is 4.74 Å².